The summed E-state index contributed by atoms with van der Waals surface area (Å²) in [6, 6.07) is 0. The smallest absolute Gasteiger partial charge is 0.313 e. The number of hydrogen-bond acceptors (Lipinski definition) is 3. The average molecular weight is 299 g/mol. The largest absolute Gasteiger partial charge is 0.481 e. The molecule has 1 saturated heterocycles. The van der Waals surface area contributed by atoms with Gasteiger partial charge in [0, 0.05) is 26.6 Å². The van der Waals surface area contributed by atoms with Gasteiger partial charge in [-0.25, -0.2) is 0 Å². The molecule has 2 unspecified atom stereocenters. The van der Waals surface area contributed by atoms with Crippen LogP contribution in [0, 0.1) is 17.3 Å². The zero-order valence-corrected chi connectivity index (χ0v) is 13.7. The fourth-order valence-corrected chi connectivity index (χ4v) is 3.18. The molecule has 1 fully saturated rings. The lowest BCUT2D eigenvalue weighted by Crippen LogP contribution is -2.52. The Morgan fingerprint density at radius 3 is 2.52 bits per heavy atom. The van der Waals surface area contributed by atoms with Gasteiger partial charge in [0.05, 0.1) is 6.61 Å². The number of amides is 1. The molecule has 1 aliphatic rings. The second kappa shape index (κ2) is 7.78. The first-order chi connectivity index (χ1) is 9.86. The predicted octanol–water partition coefficient (Wildman–Crippen LogP) is 2.40. The number of methoxy groups -OCH3 is 1. The molecular weight excluding hydrogens is 270 g/mol. The van der Waals surface area contributed by atoms with Crippen molar-refractivity contribution in [1.29, 1.82) is 0 Å². The minimum absolute atomic E-state index is 0.0805. The number of rotatable bonds is 7. The Morgan fingerprint density at radius 2 is 2.05 bits per heavy atom. The van der Waals surface area contributed by atoms with E-state index in [2.05, 4.69) is 20.8 Å². The van der Waals surface area contributed by atoms with Crippen molar-refractivity contribution in [2.24, 2.45) is 17.3 Å². The molecule has 0 aromatic carbocycles. The van der Waals surface area contributed by atoms with Gasteiger partial charge in [0.2, 0.25) is 5.91 Å². The fourth-order valence-electron chi connectivity index (χ4n) is 3.18. The Labute approximate surface area is 127 Å². The molecule has 1 rings (SSSR count). The van der Waals surface area contributed by atoms with Crippen LogP contribution in [0.3, 0.4) is 0 Å². The van der Waals surface area contributed by atoms with Crippen molar-refractivity contribution in [3.63, 3.8) is 0 Å². The van der Waals surface area contributed by atoms with E-state index in [1.165, 1.54) is 7.11 Å². The number of hydrogen-bond donors (Lipinski definition) is 1. The van der Waals surface area contributed by atoms with Gasteiger partial charge >= 0.3 is 5.97 Å². The van der Waals surface area contributed by atoms with Gasteiger partial charge in [-0.3, -0.25) is 9.59 Å². The van der Waals surface area contributed by atoms with Gasteiger partial charge in [0.15, 0.2) is 0 Å². The number of carboxylic acids is 1. The Balaban J connectivity index is 2.74. The molecule has 0 aromatic heterocycles. The molecule has 2 atom stereocenters. The molecule has 21 heavy (non-hydrogen) atoms. The summed E-state index contributed by atoms with van der Waals surface area (Å²) in [6.07, 6.45) is 2.78. The molecule has 122 valence electrons. The van der Waals surface area contributed by atoms with Gasteiger partial charge < -0.3 is 14.7 Å². The van der Waals surface area contributed by atoms with E-state index in [4.69, 9.17) is 4.74 Å². The van der Waals surface area contributed by atoms with Crippen molar-refractivity contribution in [2.75, 3.05) is 26.8 Å². The topological polar surface area (TPSA) is 66.8 Å². The Kier molecular flexibility index (Phi) is 6.65. The summed E-state index contributed by atoms with van der Waals surface area (Å²) in [5.41, 5.74) is -0.942. The fraction of sp³-hybridized carbons (Fsp3) is 0.875. The van der Waals surface area contributed by atoms with E-state index in [1.54, 1.807) is 4.90 Å². The van der Waals surface area contributed by atoms with E-state index in [0.717, 1.165) is 12.8 Å². The normalized spacial score (nSPS) is 24.1. The lowest BCUT2D eigenvalue weighted by molar-refractivity contribution is -0.159. The van der Waals surface area contributed by atoms with Crippen LogP contribution < -0.4 is 0 Å². The van der Waals surface area contributed by atoms with Gasteiger partial charge in [-0.15, -0.1) is 0 Å². The molecular formula is C16H29NO4. The van der Waals surface area contributed by atoms with Gasteiger partial charge in [0.1, 0.15) is 5.41 Å². The molecule has 5 heteroatoms. The van der Waals surface area contributed by atoms with Crippen molar-refractivity contribution in [3.05, 3.63) is 0 Å². The van der Waals surface area contributed by atoms with Crippen molar-refractivity contribution >= 4 is 11.9 Å². The average Bonchev–Trinajstić information content (AvgIpc) is 2.44. The summed E-state index contributed by atoms with van der Waals surface area (Å²) < 4.78 is 5.10. The quantitative estimate of drug-likeness (QED) is 0.784. The zero-order valence-electron chi connectivity index (χ0n) is 13.7. The highest BCUT2D eigenvalue weighted by Crippen LogP contribution is 2.32. The molecule has 0 bridgehead atoms. The van der Waals surface area contributed by atoms with Gasteiger partial charge in [-0.2, -0.15) is 0 Å². The molecule has 1 heterocycles. The first-order valence-electron chi connectivity index (χ1n) is 7.86. The first-order valence-corrected chi connectivity index (χ1v) is 7.86. The number of ether oxygens (including phenoxy) is 1. The molecule has 0 spiro atoms. The zero-order chi connectivity index (χ0) is 16.0. The van der Waals surface area contributed by atoms with E-state index >= 15 is 0 Å². The van der Waals surface area contributed by atoms with Gasteiger partial charge in [-0.05, 0) is 24.7 Å². The second-order valence-electron chi connectivity index (χ2n) is 6.55. The Morgan fingerprint density at radius 1 is 1.38 bits per heavy atom. The number of piperidine rings is 1. The van der Waals surface area contributed by atoms with E-state index < -0.39 is 11.4 Å². The summed E-state index contributed by atoms with van der Waals surface area (Å²) >= 11 is 0. The van der Waals surface area contributed by atoms with Gasteiger partial charge in [-0.1, -0.05) is 27.2 Å². The summed E-state index contributed by atoms with van der Waals surface area (Å²) in [5, 5.41) is 9.52. The SMILES string of the molecule is CCC(CC(=O)N1CCCC(COC)(C(=O)O)C1)C(C)C. The maximum atomic E-state index is 12.5. The summed E-state index contributed by atoms with van der Waals surface area (Å²) in [4.78, 5) is 25.8. The molecule has 0 radical (unpaired) electrons. The van der Waals surface area contributed by atoms with Crippen LogP contribution in [0.5, 0.6) is 0 Å². The van der Waals surface area contributed by atoms with Crippen LogP contribution in [0.15, 0.2) is 0 Å². The lowest BCUT2D eigenvalue weighted by Gasteiger charge is -2.40. The van der Waals surface area contributed by atoms with E-state index in [-0.39, 0.29) is 19.1 Å². The number of carboxylic acid groups (broad SMARTS) is 1. The number of nitrogens with zero attached hydrogens (tertiary/aromatic N) is 1. The van der Waals surface area contributed by atoms with E-state index in [0.29, 0.717) is 31.2 Å². The minimum Gasteiger partial charge on any atom is -0.481 e. The highest BCUT2D eigenvalue weighted by atomic mass is 16.5. The van der Waals surface area contributed by atoms with E-state index in [1.807, 2.05) is 0 Å². The molecule has 0 aromatic rings. The Bertz CT molecular complexity index is 365. The van der Waals surface area contributed by atoms with Crippen LogP contribution in [0.1, 0.15) is 46.5 Å². The third-order valence-electron chi connectivity index (χ3n) is 4.71. The lowest BCUT2D eigenvalue weighted by atomic mass is 9.80. The number of carbonyl (C=O) groups excluding carboxylic acids is 1. The van der Waals surface area contributed by atoms with Crippen molar-refractivity contribution in [3.8, 4) is 0 Å². The van der Waals surface area contributed by atoms with Crippen LogP contribution in [0.25, 0.3) is 0 Å². The monoisotopic (exact) mass is 299 g/mol. The number of aliphatic carboxylic acids is 1. The highest BCUT2D eigenvalue weighted by molar-refractivity contribution is 5.80. The summed E-state index contributed by atoms with van der Waals surface area (Å²) in [7, 11) is 1.51. The molecule has 1 amide bonds. The molecule has 1 N–H and O–H groups in total. The third kappa shape index (κ3) is 4.43. The predicted molar refractivity (Wildman–Crippen MR) is 81.0 cm³/mol. The molecule has 0 saturated carbocycles. The number of likely N-dealkylation sites (tertiary alicyclic amines) is 1. The van der Waals surface area contributed by atoms with Crippen LogP contribution in [0.4, 0.5) is 0 Å². The van der Waals surface area contributed by atoms with Crippen LogP contribution in [-0.4, -0.2) is 48.7 Å². The third-order valence-corrected chi connectivity index (χ3v) is 4.71. The van der Waals surface area contributed by atoms with Crippen molar-refractivity contribution in [1.82, 2.24) is 4.90 Å². The molecule has 0 aliphatic carbocycles. The summed E-state index contributed by atoms with van der Waals surface area (Å²) in [6.45, 7) is 7.44. The van der Waals surface area contributed by atoms with Crippen molar-refractivity contribution < 1.29 is 19.4 Å². The standard InChI is InChI=1S/C16H29NO4/c1-5-13(12(2)3)9-14(18)17-8-6-7-16(10-17,11-21-4)15(19)20/h12-13H,5-11H2,1-4H3,(H,19,20). The van der Waals surface area contributed by atoms with Crippen LogP contribution in [-0.2, 0) is 14.3 Å². The maximum absolute atomic E-state index is 12.5. The molecule has 1 aliphatic heterocycles. The summed E-state index contributed by atoms with van der Waals surface area (Å²) in [5.74, 6) is 0.0442. The van der Waals surface area contributed by atoms with Gasteiger partial charge in [0.25, 0.3) is 0 Å². The molecule has 5 nitrogen and oxygen atoms in total. The van der Waals surface area contributed by atoms with Crippen LogP contribution >= 0.6 is 0 Å². The number of carbonyl (C=O) groups is 2. The van der Waals surface area contributed by atoms with Crippen molar-refractivity contribution in [2.45, 2.75) is 46.5 Å². The van der Waals surface area contributed by atoms with E-state index in [9.17, 15) is 14.7 Å². The maximum Gasteiger partial charge on any atom is 0.313 e. The Hall–Kier alpha value is -1.10. The first kappa shape index (κ1) is 18.0. The second-order valence-corrected chi connectivity index (χ2v) is 6.55. The minimum atomic E-state index is -0.942. The highest BCUT2D eigenvalue weighted by Gasteiger charge is 2.43. The van der Waals surface area contributed by atoms with Crippen LogP contribution in [0.2, 0.25) is 0 Å².